The molecule has 1 aromatic carbocycles. The molecule has 1 fully saturated rings. The lowest BCUT2D eigenvalue weighted by atomic mass is 9.85. The standard InChI is InChI=1S/C16H23F2NS/c1-16(2)10-3-4-12(9-11-16)19-13-5-7-14(8-6-13)20-15(17)18/h5-8,12,15,19H,3-4,9-11H2,1-2H3. The van der Waals surface area contributed by atoms with Crippen molar-refractivity contribution >= 4 is 17.4 Å². The minimum atomic E-state index is -2.35. The van der Waals surface area contributed by atoms with Crippen molar-refractivity contribution < 1.29 is 8.78 Å². The summed E-state index contributed by atoms with van der Waals surface area (Å²) in [6.45, 7) is 4.68. The Hall–Kier alpha value is -0.770. The van der Waals surface area contributed by atoms with E-state index in [2.05, 4.69) is 19.2 Å². The van der Waals surface area contributed by atoms with E-state index in [-0.39, 0.29) is 0 Å². The molecule has 1 unspecified atom stereocenters. The summed E-state index contributed by atoms with van der Waals surface area (Å²) in [5.74, 6) is -2.35. The Balaban J connectivity index is 1.89. The number of anilines is 1. The maximum atomic E-state index is 12.3. The second-order valence-electron chi connectivity index (χ2n) is 6.34. The Morgan fingerprint density at radius 3 is 2.50 bits per heavy atom. The van der Waals surface area contributed by atoms with Crippen LogP contribution in [0.5, 0.6) is 0 Å². The molecular formula is C16H23F2NS. The third-order valence-corrected chi connectivity index (χ3v) is 4.75. The van der Waals surface area contributed by atoms with Crippen LogP contribution < -0.4 is 5.32 Å². The predicted octanol–water partition coefficient (Wildman–Crippen LogP) is 5.77. The molecule has 0 heterocycles. The van der Waals surface area contributed by atoms with Crippen molar-refractivity contribution in [3.8, 4) is 0 Å². The Morgan fingerprint density at radius 2 is 1.85 bits per heavy atom. The molecule has 1 aromatic rings. The van der Waals surface area contributed by atoms with Gasteiger partial charge in [-0.1, -0.05) is 32.0 Å². The summed E-state index contributed by atoms with van der Waals surface area (Å²) in [7, 11) is 0. The van der Waals surface area contributed by atoms with E-state index in [1.54, 1.807) is 12.1 Å². The molecule has 2 rings (SSSR count). The summed E-state index contributed by atoms with van der Waals surface area (Å²) in [4.78, 5) is 0.618. The van der Waals surface area contributed by atoms with Crippen molar-refractivity contribution in [2.24, 2.45) is 5.41 Å². The van der Waals surface area contributed by atoms with Crippen LogP contribution in [0.25, 0.3) is 0 Å². The fourth-order valence-corrected chi connectivity index (χ4v) is 3.27. The normalized spacial score (nSPS) is 22.6. The molecule has 20 heavy (non-hydrogen) atoms. The van der Waals surface area contributed by atoms with Crippen LogP contribution in [-0.2, 0) is 0 Å². The quantitative estimate of drug-likeness (QED) is 0.559. The summed E-state index contributed by atoms with van der Waals surface area (Å²) in [6.07, 6.45) is 6.15. The molecule has 1 nitrogen and oxygen atoms in total. The summed E-state index contributed by atoms with van der Waals surface area (Å²) in [6, 6.07) is 7.84. The molecule has 0 spiro atoms. The van der Waals surface area contributed by atoms with Crippen molar-refractivity contribution in [1.29, 1.82) is 0 Å². The van der Waals surface area contributed by atoms with Crippen molar-refractivity contribution in [3.63, 3.8) is 0 Å². The van der Waals surface area contributed by atoms with Gasteiger partial charge in [0.2, 0.25) is 0 Å². The number of nitrogens with one attached hydrogen (secondary N) is 1. The van der Waals surface area contributed by atoms with Crippen LogP contribution in [0.2, 0.25) is 0 Å². The first-order chi connectivity index (χ1) is 9.44. The van der Waals surface area contributed by atoms with Gasteiger partial charge in [0.05, 0.1) is 0 Å². The third-order valence-electron chi connectivity index (χ3n) is 4.03. The van der Waals surface area contributed by atoms with Gasteiger partial charge in [-0.05, 0) is 55.4 Å². The van der Waals surface area contributed by atoms with Crippen molar-refractivity contribution in [1.82, 2.24) is 0 Å². The highest BCUT2D eigenvalue weighted by Crippen LogP contribution is 2.35. The zero-order valence-electron chi connectivity index (χ0n) is 12.2. The lowest BCUT2D eigenvalue weighted by Crippen LogP contribution is -2.19. The topological polar surface area (TPSA) is 12.0 Å². The average Bonchev–Trinajstić information content (AvgIpc) is 2.53. The second kappa shape index (κ2) is 6.79. The molecule has 0 aliphatic heterocycles. The molecular weight excluding hydrogens is 276 g/mol. The van der Waals surface area contributed by atoms with Gasteiger partial charge in [-0.3, -0.25) is 0 Å². The molecule has 1 aliphatic rings. The van der Waals surface area contributed by atoms with E-state index < -0.39 is 5.76 Å². The Morgan fingerprint density at radius 1 is 1.15 bits per heavy atom. The van der Waals surface area contributed by atoms with Gasteiger partial charge in [0.1, 0.15) is 0 Å². The van der Waals surface area contributed by atoms with E-state index in [1.165, 1.54) is 32.1 Å². The number of thioether (sulfide) groups is 1. The van der Waals surface area contributed by atoms with Gasteiger partial charge in [0.15, 0.2) is 0 Å². The van der Waals surface area contributed by atoms with E-state index in [0.717, 1.165) is 5.69 Å². The number of alkyl halides is 2. The maximum Gasteiger partial charge on any atom is 0.288 e. The van der Waals surface area contributed by atoms with Crippen LogP contribution in [0.1, 0.15) is 46.0 Å². The molecule has 0 amide bonds. The lowest BCUT2D eigenvalue weighted by molar-refractivity contribution is 0.252. The van der Waals surface area contributed by atoms with Crippen LogP contribution in [0.4, 0.5) is 14.5 Å². The fraction of sp³-hybridized carbons (Fsp3) is 0.625. The number of halogens is 2. The van der Waals surface area contributed by atoms with E-state index in [0.29, 0.717) is 28.1 Å². The van der Waals surface area contributed by atoms with Crippen molar-refractivity contribution in [2.45, 2.75) is 62.6 Å². The SMILES string of the molecule is CC1(C)CCCC(Nc2ccc(SC(F)F)cc2)CC1. The minimum Gasteiger partial charge on any atom is -0.382 e. The fourth-order valence-electron chi connectivity index (χ4n) is 2.77. The van der Waals surface area contributed by atoms with E-state index in [1.807, 2.05) is 12.1 Å². The summed E-state index contributed by atoms with van der Waals surface area (Å²) >= 11 is 0.595. The first-order valence-electron chi connectivity index (χ1n) is 7.26. The summed E-state index contributed by atoms with van der Waals surface area (Å²) < 4.78 is 24.5. The van der Waals surface area contributed by atoms with Gasteiger partial charge < -0.3 is 5.32 Å². The Kier molecular flexibility index (Phi) is 5.30. The van der Waals surface area contributed by atoms with Gasteiger partial charge in [0.25, 0.3) is 5.76 Å². The van der Waals surface area contributed by atoms with Crippen molar-refractivity contribution in [3.05, 3.63) is 24.3 Å². The highest BCUT2D eigenvalue weighted by Gasteiger charge is 2.24. The van der Waals surface area contributed by atoms with Crippen LogP contribution in [0.3, 0.4) is 0 Å². The number of benzene rings is 1. The average molecular weight is 299 g/mol. The van der Waals surface area contributed by atoms with Crippen LogP contribution in [-0.4, -0.2) is 11.8 Å². The summed E-state index contributed by atoms with van der Waals surface area (Å²) in [5.41, 5.74) is 1.49. The molecule has 1 saturated carbocycles. The number of hydrogen-bond acceptors (Lipinski definition) is 2. The maximum absolute atomic E-state index is 12.3. The van der Waals surface area contributed by atoms with Crippen LogP contribution in [0, 0.1) is 5.41 Å². The molecule has 0 saturated heterocycles. The van der Waals surface area contributed by atoms with Gasteiger partial charge >= 0.3 is 0 Å². The molecule has 1 atom stereocenters. The van der Waals surface area contributed by atoms with Crippen LogP contribution >= 0.6 is 11.8 Å². The van der Waals surface area contributed by atoms with E-state index in [9.17, 15) is 8.78 Å². The molecule has 4 heteroatoms. The summed E-state index contributed by atoms with van der Waals surface area (Å²) in [5, 5.41) is 3.54. The molecule has 0 bridgehead atoms. The van der Waals surface area contributed by atoms with Gasteiger partial charge in [-0.2, -0.15) is 8.78 Å². The molecule has 0 aromatic heterocycles. The molecule has 1 N–H and O–H groups in total. The molecule has 1 aliphatic carbocycles. The first kappa shape index (κ1) is 15.6. The molecule has 0 radical (unpaired) electrons. The van der Waals surface area contributed by atoms with Crippen molar-refractivity contribution in [2.75, 3.05) is 5.32 Å². The smallest absolute Gasteiger partial charge is 0.288 e. The van der Waals surface area contributed by atoms with E-state index >= 15 is 0 Å². The zero-order valence-corrected chi connectivity index (χ0v) is 13.0. The van der Waals surface area contributed by atoms with E-state index in [4.69, 9.17) is 0 Å². The first-order valence-corrected chi connectivity index (χ1v) is 8.14. The van der Waals surface area contributed by atoms with Gasteiger partial charge in [0, 0.05) is 16.6 Å². The molecule has 112 valence electrons. The van der Waals surface area contributed by atoms with Gasteiger partial charge in [-0.25, -0.2) is 0 Å². The second-order valence-corrected chi connectivity index (χ2v) is 7.40. The highest BCUT2D eigenvalue weighted by molar-refractivity contribution is 7.99. The third kappa shape index (κ3) is 4.97. The Bertz CT molecular complexity index is 417. The number of rotatable bonds is 4. The monoisotopic (exact) mass is 299 g/mol. The minimum absolute atomic E-state index is 0.453. The predicted molar refractivity (Wildman–Crippen MR) is 82.6 cm³/mol. The highest BCUT2D eigenvalue weighted by atomic mass is 32.2. The van der Waals surface area contributed by atoms with Gasteiger partial charge in [-0.15, -0.1) is 0 Å². The van der Waals surface area contributed by atoms with Crippen LogP contribution in [0.15, 0.2) is 29.2 Å². The zero-order chi connectivity index (χ0) is 14.6. The lowest BCUT2D eigenvalue weighted by Gasteiger charge is -2.22. The Labute approximate surface area is 124 Å². The largest absolute Gasteiger partial charge is 0.382 e. The number of hydrogen-bond donors (Lipinski definition) is 1.